The largest absolute Gasteiger partial charge is 0.457 e. The van der Waals surface area contributed by atoms with Gasteiger partial charge in [-0.2, -0.15) is 0 Å². The number of nitrogens with one attached hydrogen (secondary N) is 1. The molecule has 34 heavy (non-hydrogen) atoms. The van der Waals surface area contributed by atoms with E-state index in [2.05, 4.69) is 10.3 Å². The van der Waals surface area contributed by atoms with Crippen LogP contribution in [0.2, 0.25) is 5.02 Å². The van der Waals surface area contributed by atoms with Gasteiger partial charge in [0.25, 0.3) is 0 Å². The topological polar surface area (TPSA) is 71.0 Å². The molecule has 2 aromatic carbocycles. The number of rotatable bonds is 7. The van der Waals surface area contributed by atoms with Crippen LogP contribution in [0, 0.1) is 0 Å². The lowest BCUT2D eigenvalue weighted by Crippen LogP contribution is -2.38. The van der Waals surface area contributed by atoms with Gasteiger partial charge in [-0.25, -0.2) is 9.79 Å². The summed E-state index contributed by atoms with van der Waals surface area (Å²) in [5, 5.41) is 6.07. The molecule has 6 nitrogen and oxygen atoms in total. The van der Waals surface area contributed by atoms with E-state index in [-0.39, 0.29) is 25.0 Å². The van der Waals surface area contributed by atoms with Gasteiger partial charge in [0, 0.05) is 16.8 Å². The van der Waals surface area contributed by atoms with E-state index in [1.165, 1.54) is 11.8 Å². The van der Waals surface area contributed by atoms with Crippen molar-refractivity contribution in [1.29, 1.82) is 0 Å². The van der Waals surface area contributed by atoms with Gasteiger partial charge in [-0.05, 0) is 43.4 Å². The monoisotopic (exact) mass is 495 g/mol. The Labute approximate surface area is 208 Å². The maximum absolute atomic E-state index is 13.4. The second kappa shape index (κ2) is 10.5. The second-order valence-electron chi connectivity index (χ2n) is 8.38. The first-order valence-corrected chi connectivity index (χ1v) is 12.3. The van der Waals surface area contributed by atoms with Crippen LogP contribution in [0.1, 0.15) is 44.4 Å². The number of nitrogens with zero attached hydrogens (tertiary/aromatic N) is 2. The Balaban J connectivity index is 1.69. The molecule has 0 fully saturated rings. The first kappa shape index (κ1) is 24.1. The Morgan fingerprint density at radius 1 is 1.15 bits per heavy atom. The van der Waals surface area contributed by atoms with E-state index in [0.717, 1.165) is 16.8 Å². The Morgan fingerprint density at radius 2 is 1.85 bits per heavy atom. The van der Waals surface area contributed by atoms with Gasteiger partial charge in [-0.3, -0.25) is 4.79 Å². The van der Waals surface area contributed by atoms with Gasteiger partial charge in [-0.1, -0.05) is 71.9 Å². The van der Waals surface area contributed by atoms with Crippen molar-refractivity contribution in [2.45, 2.75) is 45.9 Å². The zero-order chi connectivity index (χ0) is 24.2. The quantitative estimate of drug-likeness (QED) is 0.508. The van der Waals surface area contributed by atoms with Crippen molar-refractivity contribution in [3.8, 4) is 0 Å². The number of thioether (sulfide) groups is 1. The number of ether oxygens (including phenoxy) is 1. The van der Waals surface area contributed by atoms with Crippen LogP contribution >= 0.6 is 23.4 Å². The summed E-state index contributed by atoms with van der Waals surface area (Å²) in [7, 11) is 0. The van der Waals surface area contributed by atoms with Crippen LogP contribution in [0.25, 0.3) is 0 Å². The van der Waals surface area contributed by atoms with Gasteiger partial charge < -0.3 is 15.0 Å². The maximum Gasteiger partial charge on any atom is 0.338 e. The molecule has 0 saturated carbocycles. The zero-order valence-electron chi connectivity index (χ0n) is 19.2. The molecule has 0 spiro atoms. The van der Waals surface area contributed by atoms with Crippen LogP contribution in [0.3, 0.4) is 0 Å². The van der Waals surface area contributed by atoms with Gasteiger partial charge in [0.1, 0.15) is 6.61 Å². The lowest BCUT2D eigenvalue weighted by Gasteiger charge is -2.36. The van der Waals surface area contributed by atoms with E-state index in [9.17, 15) is 9.59 Å². The molecule has 176 valence electrons. The number of amidine groups is 1. The minimum Gasteiger partial charge on any atom is -0.457 e. The normalized spacial score (nSPS) is 17.3. The first-order chi connectivity index (χ1) is 16.3. The van der Waals surface area contributed by atoms with Crippen LogP contribution in [0.15, 0.2) is 82.0 Å². The number of hydrogen-bond acceptors (Lipinski definition) is 6. The highest BCUT2D eigenvalue weighted by molar-refractivity contribution is 8.16. The van der Waals surface area contributed by atoms with Crippen LogP contribution in [-0.4, -0.2) is 28.0 Å². The molecule has 1 N–H and O–H groups in total. The highest BCUT2D eigenvalue weighted by Gasteiger charge is 2.41. The fourth-order valence-corrected chi connectivity index (χ4v) is 5.16. The van der Waals surface area contributed by atoms with Gasteiger partial charge >= 0.3 is 5.97 Å². The summed E-state index contributed by atoms with van der Waals surface area (Å²) in [6.45, 7) is 5.79. The van der Waals surface area contributed by atoms with Crippen molar-refractivity contribution in [1.82, 2.24) is 10.2 Å². The summed E-state index contributed by atoms with van der Waals surface area (Å²) < 4.78 is 5.71. The van der Waals surface area contributed by atoms with Crippen molar-refractivity contribution in [3.63, 3.8) is 0 Å². The third-order valence-electron chi connectivity index (χ3n) is 5.42. The van der Waals surface area contributed by atoms with E-state index in [1.54, 1.807) is 13.0 Å². The summed E-state index contributed by atoms with van der Waals surface area (Å²) in [6.07, 6.45) is 0.163. The highest BCUT2D eigenvalue weighted by atomic mass is 35.5. The summed E-state index contributed by atoms with van der Waals surface area (Å²) in [5.74, 6) is -0.558. The molecule has 0 aromatic heterocycles. The molecular formula is C26H26ClN3O3S. The Kier molecular flexibility index (Phi) is 7.44. The fourth-order valence-electron chi connectivity index (χ4n) is 3.96. The third kappa shape index (κ3) is 5.21. The number of aliphatic imine (C=N–C) groups is 1. The fraction of sp³-hybridized carbons (Fsp3) is 0.269. The average molecular weight is 496 g/mol. The number of amides is 1. The third-order valence-corrected chi connectivity index (χ3v) is 6.66. The predicted molar refractivity (Wildman–Crippen MR) is 136 cm³/mol. The molecule has 2 aliphatic heterocycles. The molecule has 2 aliphatic rings. The van der Waals surface area contributed by atoms with Crippen LogP contribution in [-0.2, 0) is 20.9 Å². The van der Waals surface area contributed by atoms with Crippen molar-refractivity contribution in [3.05, 3.63) is 93.1 Å². The maximum atomic E-state index is 13.4. The van der Waals surface area contributed by atoms with E-state index in [0.29, 0.717) is 21.5 Å². The first-order valence-electron chi connectivity index (χ1n) is 11.0. The van der Waals surface area contributed by atoms with E-state index >= 15 is 0 Å². The van der Waals surface area contributed by atoms with Crippen LogP contribution in [0.5, 0.6) is 0 Å². The Bertz CT molecular complexity index is 1190. The minimum atomic E-state index is -0.558. The van der Waals surface area contributed by atoms with Crippen molar-refractivity contribution in [2.24, 2.45) is 4.99 Å². The van der Waals surface area contributed by atoms with E-state index in [1.807, 2.05) is 72.7 Å². The standard InChI is InChI=1S/C26H26ClN3O3S/c1-16(2)28-22(31)13-19-15-34-26-29-17(3)23(25(32)33-14-18-9-5-4-6-10-18)24(30(19)26)20-11-7-8-12-21(20)27/h4-12,15-16,24H,13-14H2,1-3H3,(H,28,31)/t24-/m1/s1. The van der Waals surface area contributed by atoms with Gasteiger partial charge in [-0.15, -0.1) is 0 Å². The Morgan fingerprint density at radius 3 is 2.56 bits per heavy atom. The van der Waals surface area contributed by atoms with Gasteiger partial charge in [0.05, 0.1) is 23.7 Å². The molecule has 4 rings (SSSR count). The molecular weight excluding hydrogens is 470 g/mol. The van der Waals surface area contributed by atoms with Gasteiger partial charge in [0.2, 0.25) is 5.91 Å². The number of benzene rings is 2. The molecule has 0 bridgehead atoms. The molecule has 0 radical (unpaired) electrons. The molecule has 1 amide bonds. The minimum absolute atomic E-state index is 0.0293. The highest BCUT2D eigenvalue weighted by Crippen LogP contribution is 2.46. The van der Waals surface area contributed by atoms with Crippen molar-refractivity contribution in [2.75, 3.05) is 0 Å². The molecule has 2 heterocycles. The second-order valence-corrected chi connectivity index (χ2v) is 9.62. The summed E-state index contributed by atoms with van der Waals surface area (Å²) in [6, 6.07) is 16.4. The Hall–Kier alpha value is -3.03. The number of halogens is 1. The lowest BCUT2D eigenvalue weighted by atomic mass is 9.93. The van der Waals surface area contributed by atoms with Crippen LogP contribution < -0.4 is 5.32 Å². The number of fused-ring (bicyclic) bond motifs is 1. The summed E-state index contributed by atoms with van der Waals surface area (Å²) in [4.78, 5) is 32.6. The number of esters is 1. The summed E-state index contributed by atoms with van der Waals surface area (Å²) in [5.41, 5.74) is 3.38. The summed E-state index contributed by atoms with van der Waals surface area (Å²) >= 11 is 8.05. The predicted octanol–water partition coefficient (Wildman–Crippen LogP) is 5.57. The molecule has 2 aromatic rings. The SMILES string of the molecule is CC1=C(C(=O)OCc2ccccc2)[C@@H](c2ccccc2Cl)N2C(CC(=O)NC(C)C)=CSC2=N1. The number of carbonyl (C=O) groups excluding carboxylic acids is 2. The van der Waals surface area contributed by atoms with E-state index < -0.39 is 12.0 Å². The van der Waals surface area contributed by atoms with E-state index in [4.69, 9.17) is 16.3 Å². The van der Waals surface area contributed by atoms with Gasteiger partial charge in [0.15, 0.2) is 5.17 Å². The average Bonchev–Trinajstić information content (AvgIpc) is 3.19. The zero-order valence-corrected chi connectivity index (χ0v) is 20.8. The molecule has 0 saturated heterocycles. The molecule has 1 atom stereocenters. The molecule has 0 unspecified atom stereocenters. The number of hydrogen-bond donors (Lipinski definition) is 1. The van der Waals surface area contributed by atoms with Crippen molar-refractivity contribution >= 4 is 40.4 Å². The molecule has 8 heteroatoms. The van der Waals surface area contributed by atoms with Crippen molar-refractivity contribution < 1.29 is 14.3 Å². The molecule has 0 aliphatic carbocycles. The smallest absolute Gasteiger partial charge is 0.338 e. The number of allylic oxidation sites excluding steroid dienone is 1. The van der Waals surface area contributed by atoms with Crippen LogP contribution in [0.4, 0.5) is 0 Å². The lowest BCUT2D eigenvalue weighted by molar-refractivity contribution is -0.141. The number of carbonyl (C=O) groups is 2.